The lowest BCUT2D eigenvalue weighted by Gasteiger charge is -2.12. The maximum atomic E-state index is 5.32. The SMILES string of the molecule is c1ccc(-c2nc(-c3ccccc3)nc(-n3c4c5c(cc6ccc7cc8sc9ccccc9c8c3c7c64)sc3ccccc35)n2)cc1. The van der Waals surface area contributed by atoms with Crippen molar-refractivity contribution >= 4 is 95.6 Å². The van der Waals surface area contributed by atoms with Crippen molar-refractivity contribution < 1.29 is 0 Å². The molecule has 0 radical (unpaired) electrons. The van der Waals surface area contributed by atoms with E-state index in [1.54, 1.807) is 0 Å². The summed E-state index contributed by atoms with van der Waals surface area (Å²) < 4.78 is 7.44. The second kappa shape index (κ2) is 9.42. The van der Waals surface area contributed by atoms with Gasteiger partial charge in [0.2, 0.25) is 5.95 Å². The Labute approximate surface area is 276 Å². The number of fused-ring (bicyclic) bond motifs is 8. The first-order valence-electron chi connectivity index (χ1n) is 15.6. The zero-order chi connectivity index (χ0) is 30.6. The summed E-state index contributed by atoms with van der Waals surface area (Å²) in [6.45, 7) is 0. The predicted octanol–water partition coefficient (Wildman–Crippen LogP) is 11.6. The Balaban J connectivity index is 1.42. The van der Waals surface area contributed by atoms with Gasteiger partial charge in [-0.15, -0.1) is 22.7 Å². The predicted molar refractivity (Wildman–Crippen MR) is 200 cm³/mol. The van der Waals surface area contributed by atoms with Crippen LogP contribution >= 0.6 is 22.7 Å². The van der Waals surface area contributed by atoms with Gasteiger partial charge in [-0.3, -0.25) is 4.57 Å². The molecule has 7 aromatic carbocycles. The van der Waals surface area contributed by atoms with Crippen LogP contribution in [-0.2, 0) is 0 Å². The van der Waals surface area contributed by atoms with Gasteiger partial charge in [0.25, 0.3) is 0 Å². The minimum atomic E-state index is 0.627. The van der Waals surface area contributed by atoms with E-state index in [1.165, 1.54) is 61.9 Å². The first-order chi connectivity index (χ1) is 23.3. The monoisotopic (exact) mass is 634 g/mol. The molecule has 4 heterocycles. The Hall–Kier alpha value is -5.69. The van der Waals surface area contributed by atoms with Crippen molar-refractivity contribution in [1.29, 1.82) is 0 Å². The summed E-state index contributed by atoms with van der Waals surface area (Å²) in [5.74, 6) is 1.94. The molecule has 0 bridgehead atoms. The Kier molecular flexibility index (Phi) is 5.11. The molecule has 0 atom stereocenters. The van der Waals surface area contributed by atoms with Gasteiger partial charge in [0.1, 0.15) is 0 Å². The first kappa shape index (κ1) is 25.5. The van der Waals surface area contributed by atoms with E-state index in [1.807, 2.05) is 59.1 Å². The molecule has 6 heteroatoms. The van der Waals surface area contributed by atoms with Crippen LogP contribution in [0, 0.1) is 0 Å². The van der Waals surface area contributed by atoms with Crippen molar-refractivity contribution in [2.45, 2.75) is 0 Å². The number of aromatic nitrogens is 4. The van der Waals surface area contributed by atoms with Crippen LogP contribution in [0.25, 0.3) is 102 Å². The normalized spacial score (nSPS) is 12.3. The molecule has 0 N–H and O–H groups in total. The molecule has 0 unspecified atom stereocenters. The fourth-order valence-electron chi connectivity index (χ4n) is 7.40. The van der Waals surface area contributed by atoms with Gasteiger partial charge in [-0.1, -0.05) is 109 Å². The molecule has 0 saturated carbocycles. The summed E-state index contributed by atoms with van der Waals surface area (Å²) in [6, 6.07) is 47.3. The van der Waals surface area contributed by atoms with E-state index in [4.69, 9.17) is 15.0 Å². The fraction of sp³-hybridized carbons (Fsp3) is 0. The van der Waals surface area contributed by atoms with Crippen molar-refractivity contribution in [2.24, 2.45) is 0 Å². The van der Waals surface area contributed by atoms with E-state index in [9.17, 15) is 0 Å². The molecular weight excluding hydrogens is 613 g/mol. The minimum absolute atomic E-state index is 0.627. The van der Waals surface area contributed by atoms with Gasteiger partial charge in [-0.05, 0) is 35.0 Å². The highest BCUT2D eigenvalue weighted by Crippen LogP contribution is 2.50. The summed E-state index contributed by atoms with van der Waals surface area (Å²) in [6.07, 6.45) is 0. The van der Waals surface area contributed by atoms with Gasteiger partial charge in [0.15, 0.2) is 11.6 Å². The number of benzene rings is 7. The van der Waals surface area contributed by atoms with Crippen LogP contribution < -0.4 is 0 Å². The molecule has 0 aliphatic carbocycles. The lowest BCUT2D eigenvalue weighted by molar-refractivity contribution is 0.957. The largest absolute Gasteiger partial charge is 0.276 e. The van der Waals surface area contributed by atoms with Gasteiger partial charge < -0.3 is 0 Å². The molecule has 218 valence electrons. The summed E-state index contributed by atoms with van der Waals surface area (Å²) in [5, 5.41) is 9.99. The average Bonchev–Trinajstić information content (AvgIpc) is 3.80. The summed E-state index contributed by atoms with van der Waals surface area (Å²) >= 11 is 3.70. The Bertz CT molecular complexity index is 2810. The van der Waals surface area contributed by atoms with Gasteiger partial charge in [0, 0.05) is 62.2 Å². The van der Waals surface area contributed by atoms with E-state index in [0.29, 0.717) is 17.6 Å². The second-order valence-corrected chi connectivity index (χ2v) is 14.2. The van der Waals surface area contributed by atoms with E-state index in [-0.39, 0.29) is 0 Å². The maximum absolute atomic E-state index is 5.32. The third kappa shape index (κ3) is 3.54. The number of thiophene rings is 2. The summed E-state index contributed by atoms with van der Waals surface area (Å²) in [7, 11) is 0. The van der Waals surface area contributed by atoms with Crippen LogP contribution in [0.3, 0.4) is 0 Å². The highest BCUT2D eigenvalue weighted by Gasteiger charge is 2.26. The molecule has 0 amide bonds. The molecule has 11 rings (SSSR count). The summed E-state index contributed by atoms with van der Waals surface area (Å²) in [5.41, 5.74) is 4.22. The molecule has 0 spiro atoms. The van der Waals surface area contributed by atoms with Crippen LogP contribution in [0.5, 0.6) is 0 Å². The van der Waals surface area contributed by atoms with E-state index in [2.05, 4.69) is 102 Å². The fourth-order valence-corrected chi connectivity index (χ4v) is 9.71. The van der Waals surface area contributed by atoms with Gasteiger partial charge in [0.05, 0.1) is 11.0 Å². The number of nitrogens with zero attached hydrogens (tertiary/aromatic N) is 4. The van der Waals surface area contributed by atoms with Crippen LogP contribution in [0.4, 0.5) is 0 Å². The van der Waals surface area contributed by atoms with Crippen molar-refractivity contribution in [3.05, 3.63) is 133 Å². The molecular formula is C41H22N4S2. The van der Waals surface area contributed by atoms with Gasteiger partial charge in [-0.25, -0.2) is 4.98 Å². The Morgan fingerprint density at radius 3 is 1.34 bits per heavy atom. The highest BCUT2D eigenvalue weighted by atomic mass is 32.1. The Morgan fingerprint density at radius 1 is 0.404 bits per heavy atom. The molecule has 0 aliphatic rings. The number of hydrogen-bond donors (Lipinski definition) is 0. The first-order valence-corrected chi connectivity index (χ1v) is 17.3. The van der Waals surface area contributed by atoms with Crippen molar-refractivity contribution in [2.75, 3.05) is 0 Å². The standard InChI is InChI=1S/C41H22N4S2/c1-3-11-23(12-4-1)39-42-40(24-13-5-2-6-14-24)44-41(43-39)45-37-33-25(21-31-35(37)27-15-7-9-17-29(27)46-31)19-20-26-22-32-36(38(45)34(26)33)28-16-8-10-18-30(28)47-32/h1-22H. The molecule has 4 nitrogen and oxygen atoms in total. The Morgan fingerprint density at radius 2 is 0.851 bits per heavy atom. The maximum Gasteiger partial charge on any atom is 0.238 e. The second-order valence-electron chi connectivity index (χ2n) is 12.0. The lowest BCUT2D eigenvalue weighted by Crippen LogP contribution is -2.06. The molecule has 4 aromatic heterocycles. The molecule has 0 fully saturated rings. The highest BCUT2D eigenvalue weighted by molar-refractivity contribution is 7.26. The molecule has 0 aliphatic heterocycles. The quantitative estimate of drug-likeness (QED) is 0.182. The third-order valence-corrected chi connectivity index (χ3v) is 11.6. The minimum Gasteiger partial charge on any atom is -0.276 e. The van der Waals surface area contributed by atoms with Crippen molar-refractivity contribution in [1.82, 2.24) is 19.5 Å². The van der Waals surface area contributed by atoms with E-state index >= 15 is 0 Å². The van der Waals surface area contributed by atoms with Crippen LogP contribution in [0.15, 0.2) is 133 Å². The van der Waals surface area contributed by atoms with Gasteiger partial charge >= 0.3 is 0 Å². The van der Waals surface area contributed by atoms with Crippen LogP contribution in [0.2, 0.25) is 0 Å². The molecule has 47 heavy (non-hydrogen) atoms. The van der Waals surface area contributed by atoms with E-state index in [0.717, 1.165) is 22.2 Å². The van der Waals surface area contributed by atoms with Crippen LogP contribution in [-0.4, -0.2) is 19.5 Å². The topological polar surface area (TPSA) is 43.6 Å². The number of hydrogen-bond acceptors (Lipinski definition) is 5. The van der Waals surface area contributed by atoms with Crippen molar-refractivity contribution in [3.63, 3.8) is 0 Å². The zero-order valence-corrected chi connectivity index (χ0v) is 26.4. The summed E-state index contributed by atoms with van der Waals surface area (Å²) in [4.78, 5) is 15.7. The van der Waals surface area contributed by atoms with Crippen LogP contribution in [0.1, 0.15) is 0 Å². The smallest absolute Gasteiger partial charge is 0.238 e. The lowest BCUT2D eigenvalue weighted by atomic mass is 9.98. The van der Waals surface area contributed by atoms with Gasteiger partial charge in [-0.2, -0.15) is 9.97 Å². The molecule has 11 aromatic rings. The number of rotatable bonds is 3. The molecule has 0 saturated heterocycles. The van der Waals surface area contributed by atoms with Crippen molar-refractivity contribution in [3.8, 4) is 28.7 Å². The zero-order valence-electron chi connectivity index (χ0n) is 24.8. The average molecular weight is 635 g/mol. The third-order valence-electron chi connectivity index (χ3n) is 9.37. The van der Waals surface area contributed by atoms with E-state index < -0.39 is 0 Å².